The van der Waals surface area contributed by atoms with E-state index >= 15 is 0 Å². The van der Waals surface area contributed by atoms with Crippen molar-refractivity contribution in [2.45, 2.75) is 83.1 Å². The van der Waals surface area contributed by atoms with Gasteiger partial charge in [0, 0.05) is 13.6 Å². The lowest BCUT2D eigenvalue weighted by atomic mass is 10.0. The summed E-state index contributed by atoms with van der Waals surface area (Å²) in [5.41, 5.74) is 9.25. The molecule has 0 saturated carbocycles. The van der Waals surface area contributed by atoms with Crippen LogP contribution in [0, 0.1) is 0 Å². The smallest absolute Gasteiger partial charge is 0.329 e. The number of nitrogens with one attached hydrogen (secondary N) is 1. The highest BCUT2D eigenvalue weighted by Crippen LogP contribution is 2.25. The van der Waals surface area contributed by atoms with Gasteiger partial charge >= 0.3 is 5.69 Å². The van der Waals surface area contributed by atoms with Gasteiger partial charge in [-0.1, -0.05) is 57.1 Å². The Morgan fingerprint density at radius 3 is 2.38 bits per heavy atom. The molecule has 1 saturated heterocycles. The van der Waals surface area contributed by atoms with Crippen molar-refractivity contribution in [2.24, 2.45) is 12.8 Å². The molecule has 162 valence electrons. The Morgan fingerprint density at radius 1 is 1.03 bits per heavy atom. The second-order valence-electron chi connectivity index (χ2n) is 8.72. The van der Waals surface area contributed by atoms with E-state index in [1.165, 1.54) is 63.4 Å². The van der Waals surface area contributed by atoms with Crippen molar-refractivity contribution in [3.63, 3.8) is 0 Å². The second-order valence-corrected chi connectivity index (χ2v) is 8.72. The lowest BCUT2D eigenvalue weighted by Gasteiger charge is -2.24. The van der Waals surface area contributed by atoms with Crippen LogP contribution < -0.4 is 16.7 Å². The van der Waals surface area contributed by atoms with Crippen molar-refractivity contribution >= 4 is 11.0 Å². The lowest BCUT2D eigenvalue weighted by molar-refractivity contribution is 0.369. The first kappa shape index (κ1) is 22.1. The van der Waals surface area contributed by atoms with E-state index in [9.17, 15) is 4.79 Å². The summed E-state index contributed by atoms with van der Waals surface area (Å²) in [5.74, 6) is 0. The van der Waals surface area contributed by atoms with E-state index < -0.39 is 0 Å². The third kappa shape index (κ3) is 5.73. The van der Waals surface area contributed by atoms with Crippen LogP contribution in [0.5, 0.6) is 0 Å². The molecule has 5 heteroatoms. The third-order valence-corrected chi connectivity index (χ3v) is 6.47. The van der Waals surface area contributed by atoms with E-state index in [2.05, 4.69) is 23.5 Å². The molecule has 1 aliphatic rings. The molecule has 2 heterocycles. The van der Waals surface area contributed by atoms with E-state index in [-0.39, 0.29) is 11.7 Å². The molecule has 5 nitrogen and oxygen atoms in total. The molecule has 1 atom stereocenters. The van der Waals surface area contributed by atoms with Crippen molar-refractivity contribution in [3.05, 3.63) is 34.2 Å². The van der Waals surface area contributed by atoms with Gasteiger partial charge in [-0.15, -0.1) is 0 Å². The zero-order valence-electron chi connectivity index (χ0n) is 18.3. The van der Waals surface area contributed by atoms with Crippen molar-refractivity contribution in [3.8, 4) is 0 Å². The number of nitrogens with two attached hydrogens (primary N) is 1. The number of aryl methyl sites for hydroxylation is 2. The van der Waals surface area contributed by atoms with Gasteiger partial charge in [0.15, 0.2) is 0 Å². The molecule has 3 rings (SSSR count). The monoisotopic (exact) mass is 400 g/mol. The van der Waals surface area contributed by atoms with Crippen LogP contribution in [0.3, 0.4) is 0 Å². The van der Waals surface area contributed by atoms with Gasteiger partial charge in [-0.05, 0) is 56.8 Å². The summed E-state index contributed by atoms with van der Waals surface area (Å²) in [6, 6.07) is 6.74. The summed E-state index contributed by atoms with van der Waals surface area (Å²) >= 11 is 0. The second kappa shape index (κ2) is 11.6. The molecular formula is C24H40N4O. The van der Waals surface area contributed by atoms with Crippen LogP contribution in [0.25, 0.3) is 11.0 Å². The lowest BCUT2D eigenvalue weighted by Crippen LogP contribution is -2.36. The third-order valence-electron chi connectivity index (χ3n) is 6.47. The first-order valence-electron chi connectivity index (χ1n) is 11.8. The Bertz CT molecular complexity index is 801. The number of imidazole rings is 1. The number of benzene rings is 1. The maximum atomic E-state index is 13.0. The minimum absolute atomic E-state index is 0.135. The molecule has 1 unspecified atom stereocenters. The highest BCUT2D eigenvalue weighted by atomic mass is 16.1. The van der Waals surface area contributed by atoms with E-state index in [0.717, 1.165) is 49.9 Å². The van der Waals surface area contributed by atoms with Crippen molar-refractivity contribution in [1.29, 1.82) is 0 Å². The van der Waals surface area contributed by atoms with Crippen molar-refractivity contribution in [1.82, 2.24) is 14.5 Å². The number of fused-ring (bicyclic) bond motifs is 1. The number of hydrogen-bond donors (Lipinski definition) is 2. The minimum atomic E-state index is 0.135. The van der Waals surface area contributed by atoms with Gasteiger partial charge in [-0.2, -0.15) is 0 Å². The predicted octanol–water partition coefficient (Wildman–Crippen LogP) is 4.28. The normalized spacial score (nSPS) is 17.2. The average molecular weight is 401 g/mol. The molecule has 0 bridgehead atoms. The summed E-state index contributed by atoms with van der Waals surface area (Å²) in [6.07, 6.45) is 14.9. The summed E-state index contributed by atoms with van der Waals surface area (Å²) in [7, 11) is 1.94. The van der Waals surface area contributed by atoms with Gasteiger partial charge in [0.1, 0.15) is 0 Å². The maximum absolute atomic E-state index is 13.0. The Kier molecular flexibility index (Phi) is 8.81. The van der Waals surface area contributed by atoms with Crippen LogP contribution in [-0.4, -0.2) is 28.8 Å². The highest BCUT2D eigenvalue weighted by Gasteiger charge is 2.22. The maximum Gasteiger partial charge on any atom is 0.329 e. The standard InChI is InChI=1S/C24H40N4O/c1-27-23-20(13-9-7-5-3-2-4-6-8-10-17-25)14-11-16-22(23)28(24(27)29)21-15-12-18-26-19-21/h11,14,16,21,26H,2-10,12-13,15,17-19,25H2,1H3. The van der Waals surface area contributed by atoms with E-state index in [0.29, 0.717) is 0 Å². The Balaban J connectivity index is 1.53. The summed E-state index contributed by atoms with van der Waals surface area (Å²) in [5, 5.41) is 3.45. The average Bonchev–Trinajstić information content (AvgIpc) is 3.01. The van der Waals surface area contributed by atoms with Crippen LogP contribution in [-0.2, 0) is 13.5 Å². The van der Waals surface area contributed by atoms with E-state index in [1.807, 2.05) is 16.2 Å². The fourth-order valence-corrected chi connectivity index (χ4v) is 4.83. The fourth-order valence-electron chi connectivity index (χ4n) is 4.83. The fraction of sp³-hybridized carbons (Fsp3) is 0.708. The largest absolute Gasteiger partial charge is 0.330 e. The minimum Gasteiger partial charge on any atom is -0.330 e. The molecule has 3 N–H and O–H groups in total. The molecule has 29 heavy (non-hydrogen) atoms. The Morgan fingerprint density at radius 2 is 1.72 bits per heavy atom. The van der Waals surface area contributed by atoms with Crippen LogP contribution in [0.15, 0.2) is 23.0 Å². The number of piperidine rings is 1. The van der Waals surface area contributed by atoms with Crippen LogP contribution in [0.2, 0.25) is 0 Å². The number of para-hydroxylation sites is 1. The predicted molar refractivity (Wildman–Crippen MR) is 123 cm³/mol. The van der Waals surface area contributed by atoms with Crippen molar-refractivity contribution in [2.75, 3.05) is 19.6 Å². The molecule has 0 aliphatic carbocycles. The number of hydrogen-bond acceptors (Lipinski definition) is 3. The van der Waals surface area contributed by atoms with Gasteiger partial charge in [0.25, 0.3) is 0 Å². The van der Waals surface area contributed by atoms with Crippen LogP contribution >= 0.6 is 0 Å². The number of rotatable bonds is 12. The quantitative estimate of drug-likeness (QED) is 0.523. The van der Waals surface area contributed by atoms with Gasteiger partial charge in [-0.25, -0.2) is 4.79 Å². The molecule has 1 aromatic carbocycles. The zero-order valence-corrected chi connectivity index (χ0v) is 18.3. The van der Waals surface area contributed by atoms with Crippen LogP contribution in [0.4, 0.5) is 0 Å². The summed E-state index contributed by atoms with van der Waals surface area (Å²) in [6.45, 7) is 2.80. The SMILES string of the molecule is Cn1c(=O)n(C2CCCNC2)c2cccc(CCCCCCCCCCCN)c21. The van der Waals surface area contributed by atoms with Crippen LogP contribution in [0.1, 0.15) is 82.2 Å². The molecular weight excluding hydrogens is 360 g/mol. The summed E-state index contributed by atoms with van der Waals surface area (Å²) in [4.78, 5) is 13.0. The Hall–Kier alpha value is -1.59. The zero-order chi connectivity index (χ0) is 20.5. The van der Waals surface area contributed by atoms with Gasteiger partial charge in [-0.3, -0.25) is 9.13 Å². The molecule has 1 aromatic heterocycles. The number of aromatic nitrogens is 2. The molecule has 0 radical (unpaired) electrons. The topological polar surface area (TPSA) is 65.0 Å². The van der Waals surface area contributed by atoms with Crippen molar-refractivity contribution < 1.29 is 0 Å². The molecule has 1 aliphatic heterocycles. The highest BCUT2D eigenvalue weighted by molar-refractivity contribution is 5.80. The molecule has 0 amide bonds. The number of nitrogens with zero attached hydrogens (tertiary/aromatic N) is 2. The first-order valence-corrected chi connectivity index (χ1v) is 11.8. The van der Waals surface area contributed by atoms with E-state index in [1.54, 1.807) is 0 Å². The molecule has 2 aromatic rings. The molecule has 0 spiro atoms. The first-order chi connectivity index (χ1) is 14.2. The molecule has 1 fully saturated rings. The number of unbranched alkanes of at least 4 members (excludes halogenated alkanes) is 8. The summed E-state index contributed by atoms with van der Waals surface area (Å²) < 4.78 is 3.91. The Labute approximate surface area is 175 Å². The van der Waals surface area contributed by atoms with Gasteiger partial charge in [0.2, 0.25) is 0 Å². The van der Waals surface area contributed by atoms with Gasteiger partial charge < -0.3 is 11.1 Å². The van der Waals surface area contributed by atoms with E-state index in [4.69, 9.17) is 5.73 Å². The van der Waals surface area contributed by atoms with Gasteiger partial charge in [0.05, 0.1) is 17.1 Å².